The maximum absolute atomic E-state index is 11.2. The molecule has 4 amide bonds. The van der Waals surface area contributed by atoms with E-state index in [9.17, 15) is 14.4 Å². The van der Waals surface area contributed by atoms with E-state index in [-0.39, 0.29) is 4.86 Å². The first kappa shape index (κ1) is 9.91. The van der Waals surface area contributed by atoms with Gasteiger partial charge in [0.25, 0.3) is 11.8 Å². The second-order valence-electron chi connectivity index (χ2n) is 2.49. The Morgan fingerprint density at radius 2 is 1.62 bits per heavy atom. The van der Waals surface area contributed by atoms with E-state index in [1.165, 1.54) is 0 Å². The van der Waals surface area contributed by atoms with Gasteiger partial charge in [-0.3, -0.25) is 20.2 Å². The second kappa shape index (κ2) is 3.69. The van der Waals surface area contributed by atoms with Crippen LogP contribution >= 0.6 is 10.5 Å². The van der Waals surface area contributed by atoms with Gasteiger partial charge < -0.3 is 0 Å². The third kappa shape index (κ3) is 1.95. The summed E-state index contributed by atoms with van der Waals surface area (Å²) in [6.45, 7) is 1.88. The predicted molar refractivity (Wildman–Crippen MR) is 50.7 cm³/mol. The third-order valence-electron chi connectivity index (χ3n) is 1.65. The summed E-state index contributed by atoms with van der Waals surface area (Å²) >= 11 is 0. The highest BCUT2D eigenvalue weighted by atomic mass is 32.2. The van der Waals surface area contributed by atoms with Gasteiger partial charge in [0.05, 0.1) is 0 Å². The van der Waals surface area contributed by atoms with Gasteiger partial charge in [-0.05, 0) is 12.0 Å². The standard InChI is InChI=1S/C7H10N2O3S/c1-3-13(2)4-5(10)8-7(12)9-6(4)11/h3H2,1-2H3,(H2,8,9,10,11,12). The van der Waals surface area contributed by atoms with Crippen LogP contribution in [0.4, 0.5) is 4.79 Å². The van der Waals surface area contributed by atoms with Crippen molar-refractivity contribution in [2.24, 2.45) is 0 Å². The van der Waals surface area contributed by atoms with Gasteiger partial charge >= 0.3 is 6.03 Å². The molecule has 0 aliphatic carbocycles. The monoisotopic (exact) mass is 202 g/mol. The number of amides is 4. The number of hydrogen-bond donors (Lipinski definition) is 2. The number of nitrogens with one attached hydrogen (secondary N) is 2. The molecule has 0 aromatic heterocycles. The minimum Gasteiger partial charge on any atom is -0.273 e. The summed E-state index contributed by atoms with van der Waals surface area (Å²) in [7, 11) is -0.398. The van der Waals surface area contributed by atoms with Crippen LogP contribution < -0.4 is 10.6 Å². The van der Waals surface area contributed by atoms with E-state index in [0.29, 0.717) is 5.75 Å². The van der Waals surface area contributed by atoms with Crippen LogP contribution in [-0.2, 0) is 9.59 Å². The largest absolute Gasteiger partial charge is 0.328 e. The molecule has 1 saturated heterocycles. The first-order chi connectivity index (χ1) is 6.06. The van der Waals surface area contributed by atoms with Crippen LogP contribution in [0.1, 0.15) is 6.92 Å². The number of imide groups is 2. The Morgan fingerprint density at radius 1 is 1.15 bits per heavy atom. The fourth-order valence-electron chi connectivity index (χ4n) is 0.915. The first-order valence-corrected chi connectivity index (χ1v) is 5.52. The van der Waals surface area contributed by atoms with Gasteiger partial charge in [-0.25, -0.2) is 4.79 Å². The molecule has 72 valence electrons. The Balaban J connectivity index is 3.05. The molecule has 0 spiro atoms. The fraction of sp³-hybridized carbons (Fsp3) is 0.429. The van der Waals surface area contributed by atoms with Crippen LogP contribution in [-0.4, -0.2) is 34.7 Å². The van der Waals surface area contributed by atoms with Crippen molar-refractivity contribution < 1.29 is 14.4 Å². The van der Waals surface area contributed by atoms with Gasteiger partial charge in [0, 0.05) is 0 Å². The minimum atomic E-state index is -0.744. The van der Waals surface area contributed by atoms with E-state index in [0.717, 1.165) is 0 Å². The molecule has 0 aromatic rings. The molecule has 1 rings (SSSR count). The summed E-state index contributed by atoms with van der Waals surface area (Å²) in [4.78, 5) is 33.2. The highest BCUT2D eigenvalue weighted by Crippen LogP contribution is 2.10. The Bertz CT molecular complexity index is 300. The van der Waals surface area contributed by atoms with Gasteiger partial charge in [0.1, 0.15) is 4.86 Å². The summed E-state index contributed by atoms with van der Waals surface area (Å²) in [6.07, 6.45) is 1.80. The molecule has 1 heterocycles. The number of rotatable bonds is 1. The van der Waals surface area contributed by atoms with Crippen molar-refractivity contribution in [1.82, 2.24) is 10.6 Å². The van der Waals surface area contributed by atoms with Crippen LogP contribution in [0.5, 0.6) is 0 Å². The summed E-state index contributed by atoms with van der Waals surface area (Å²) in [5.41, 5.74) is 0. The fourth-order valence-corrected chi connectivity index (χ4v) is 1.94. The van der Waals surface area contributed by atoms with Crippen molar-refractivity contribution in [3.63, 3.8) is 0 Å². The molecule has 0 saturated carbocycles. The Kier molecular flexibility index (Phi) is 2.82. The molecule has 13 heavy (non-hydrogen) atoms. The lowest BCUT2D eigenvalue weighted by molar-refractivity contribution is -0.118. The molecule has 5 nitrogen and oxygen atoms in total. The molecule has 1 fully saturated rings. The van der Waals surface area contributed by atoms with E-state index in [1.807, 2.05) is 17.6 Å². The lowest BCUT2D eigenvalue weighted by Crippen LogP contribution is -2.56. The van der Waals surface area contributed by atoms with Crippen molar-refractivity contribution in [3.8, 4) is 0 Å². The molecule has 1 aliphatic rings. The van der Waals surface area contributed by atoms with E-state index in [1.54, 1.807) is 6.26 Å². The normalized spacial score (nSPS) is 19.5. The maximum atomic E-state index is 11.2. The van der Waals surface area contributed by atoms with Crippen LogP contribution in [0.2, 0.25) is 0 Å². The van der Waals surface area contributed by atoms with Gasteiger partial charge in [-0.2, -0.15) is 10.5 Å². The Hall–Kier alpha value is -1.17. The lowest BCUT2D eigenvalue weighted by Gasteiger charge is -2.16. The lowest BCUT2D eigenvalue weighted by atomic mass is 10.3. The highest BCUT2D eigenvalue weighted by Gasteiger charge is 2.29. The average Bonchev–Trinajstić information content (AvgIpc) is 2.02. The average molecular weight is 202 g/mol. The maximum Gasteiger partial charge on any atom is 0.328 e. The molecule has 1 unspecified atom stereocenters. The molecule has 2 N–H and O–H groups in total. The summed E-state index contributed by atoms with van der Waals surface area (Å²) in [5, 5.41) is 4.07. The van der Waals surface area contributed by atoms with Crippen LogP contribution in [0.25, 0.3) is 0 Å². The number of carbonyl (C=O) groups is 3. The molecule has 0 bridgehead atoms. The minimum absolute atomic E-state index is 0.155. The third-order valence-corrected chi connectivity index (χ3v) is 3.58. The summed E-state index contributed by atoms with van der Waals surface area (Å²) in [6, 6.07) is -0.744. The number of carbonyl (C=O) groups excluding carboxylic acids is 3. The van der Waals surface area contributed by atoms with Crippen molar-refractivity contribution in [1.29, 1.82) is 0 Å². The smallest absolute Gasteiger partial charge is 0.273 e. The summed E-state index contributed by atoms with van der Waals surface area (Å²) in [5.74, 6) is -0.424. The zero-order chi connectivity index (χ0) is 10.0. The molecule has 0 aromatic carbocycles. The molecule has 6 heteroatoms. The summed E-state index contributed by atoms with van der Waals surface area (Å²) < 4.78 is 0. The molecular weight excluding hydrogens is 192 g/mol. The molecule has 0 radical (unpaired) electrons. The van der Waals surface area contributed by atoms with Crippen molar-refractivity contribution in [2.45, 2.75) is 6.92 Å². The van der Waals surface area contributed by atoms with Crippen LogP contribution in [0.3, 0.4) is 0 Å². The number of barbiturate groups is 1. The van der Waals surface area contributed by atoms with Gasteiger partial charge in [0.2, 0.25) is 0 Å². The zero-order valence-corrected chi connectivity index (χ0v) is 8.16. The number of hydrogen-bond acceptors (Lipinski definition) is 3. The predicted octanol–water partition coefficient (Wildman–Crippen LogP) is -0.557. The Labute approximate surface area is 77.8 Å². The van der Waals surface area contributed by atoms with Crippen LogP contribution in [0, 0.1) is 0 Å². The van der Waals surface area contributed by atoms with Crippen molar-refractivity contribution in [2.75, 3.05) is 12.0 Å². The number of urea groups is 1. The van der Waals surface area contributed by atoms with Crippen molar-refractivity contribution >= 4 is 33.2 Å². The van der Waals surface area contributed by atoms with E-state index >= 15 is 0 Å². The first-order valence-electron chi connectivity index (χ1n) is 3.72. The van der Waals surface area contributed by atoms with Crippen LogP contribution in [0.15, 0.2) is 0 Å². The Morgan fingerprint density at radius 3 is 2.00 bits per heavy atom. The SMILES string of the molecule is CCS(C)=C1C(=O)NC(=O)NC1=O. The van der Waals surface area contributed by atoms with Crippen molar-refractivity contribution in [3.05, 3.63) is 0 Å². The quantitative estimate of drug-likeness (QED) is 0.560. The van der Waals surface area contributed by atoms with E-state index < -0.39 is 28.3 Å². The molecule has 1 aliphatic heterocycles. The molecule has 1 atom stereocenters. The van der Waals surface area contributed by atoms with Gasteiger partial charge in [-0.1, -0.05) is 6.92 Å². The highest BCUT2D eigenvalue weighted by molar-refractivity contribution is 8.17. The van der Waals surface area contributed by atoms with E-state index in [4.69, 9.17) is 0 Å². The second-order valence-corrected chi connectivity index (χ2v) is 4.75. The molecular formula is C7H10N2O3S. The zero-order valence-electron chi connectivity index (χ0n) is 7.34. The van der Waals surface area contributed by atoms with Gasteiger partial charge in [0.15, 0.2) is 0 Å². The van der Waals surface area contributed by atoms with Gasteiger partial charge in [-0.15, -0.1) is 0 Å². The topological polar surface area (TPSA) is 75.3 Å². The van der Waals surface area contributed by atoms with E-state index in [2.05, 4.69) is 0 Å².